The Bertz CT molecular complexity index is 548. The average Bonchev–Trinajstić information content (AvgIpc) is 2.67. The highest BCUT2D eigenvalue weighted by atomic mass is 32.2. The van der Waals surface area contributed by atoms with Crippen molar-refractivity contribution < 1.29 is 8.42 Å². The summed E-state index contributed by atoms with van der Waals surface area (Å²) in [4.78, 5) is 0. The fourth-order valence-electron chi connectivity index (χ4n) is 1.71. The van der Waals surface area contributed by atoms with E-state index >= 15 is 0 Å². The molecule has 0 saturated heterocycles. The molecule has 2 N–H and O–H groups in total. The molecule has 108 valence electrons. The van der Waals surface area contributed by atoms with Crippen molar-refractivity contribution in [2.75, 3.05) is 20.1 Å². The van der Waals surface area contributed by atoms with E-state index in [9.17, 15) is 8.42 Å². The summed E-state index contributed by atoms with van der Waals surface area (Å²) in [7, 11) is -2.05. The van der Waals surface area contributed by atoms with Gasteiger partial charge in [-0.3, -0.25) is 5.10 Å². The summed E-state index contributed by atoms with van der Waals surface area (Å²) in [5, 5.41) is 9.90. The van der Waals surface area contributed by atoms with Gasteiger partial charge in [-0.1, -0.05) is 19.1 Å². The number of hydrogen-bond acceptors (Lipinski definition) is 4. The summed E-state index contributed by atoms with van der Waals surface area (Å²) in [6.07, 6.45) is 0. The van der Waals surface area contributed by atoms with E-state index < -0.39 is 10.0 Å². The first-order valence-electron chi connectivity index (χ1n) is 6.16. The van der Waals surface area contributed by atoms with Crippen molar-refractivity contribution in [3.63, 3.8) is 0 Å². The number of likely N-dealkylation sites (N-methyl/N-ethyl adjacent to an activating group) is 1. The summed E-state index contributed by atoms with van der Waals surface area (Å²) >= 11 is 0. The number of sulfonamides is 1. The second-order valence-corrected chi connectivity index (χ2v) is 6.59. The largest absolute Gasteiger partial charge is 0.313 e. The molecule has 1 heterocycles. The monoisotopic (exact) mass is 286 g/mol. The van der Waals surface area contributed by atoms with Gasteiger partial charge in [0.2, 0.25) is 0 Å². The maximum Gasteiger partial charge on any atom is 0.262 e. The van der Waals surface area contributed by atoms with Crippen LogP contribution in [0.5, 0.6) is 0 Å². The van der Waals surface area contributed by atoms with Crippen molar-refractivity contribution in [2.24, 2.45) is 0 Å². The highest BCUT2D eigenvalue weighted by Gasteiger charge is 2.27. The third-order valence-electron chi connectivity index (χ3n) is 2.73. The molecule has 0 aromatic carbocycles. The SMILES string of the molecule is C=C(C)CN(C)S(=O)(=O)c1n[nH]c(C)c1CNCC. The van der Waals surface area contributed by atoms with Crippen LogP contribution in [0.3, 0.4) is 0 Å². The van der Waals surface area contributed by atoms with E-state index in [4.69, 9.17) is 0 Å². The quantitative estimate of drug-likeness (QED) is 0.734. The summed E-state index contributed by atoms with van der Waals surface area (Å²) in [5.41, 5.74) is 2.24. The van der Waals surface area contributed by atoms with Crippen molar-refractivity contribution in [2.45, 2.75) is 32.3 Å². The molecule has 0 aliphatic carbocycles. The minimum atomic E-state index is -3.58. The highest BCUT2D eigenvalue weighted by Crippen LogP contribution is 2.20. The van der Waals surface area contributed by atoms with Crippen molar-refractivity contribution in [3.05, 3.63) is 23.4 Å². The van der Waals surface area contributed by atoms with Gasteiger partial charge in [-0.2, -0.15) is 9.40 Å². The van der Waals surface area contributed by atoms with Crippen LogP contribution in [0.4, 0.5) is 0 Å². The van der Waals surface area contributed by atoms with Gasteiger partial charge in [-0.15, -0.1) is 0 Å². The van der Waals surface area contributed by atoms with Crippen LogP contribution in [-0.4, -0.2) is 43.1 Å². The molecule has 0 fully saturated rings. The van der Waals surface area contributed by atoms with Crippen LogP contribution in [0.15, 0.2) is 17.2 Å². The lowest BCUT2D eigenvalue weighted by Gasteiger charge is -2.16. The summed E-state index contributed by atoms with van der Waals surface area (Å²) < 4.78 is 26.1. The molecule has 0 unspecified atom stereocenters. The predicted molar refractivity (Wildman–Crippen MR) is 75.3 cm³/mol. The van der Waals surface area contributed by atoms with Crippen molar-refractivity contribution >= 4 is 10.0 Å². The lowest BCUT2D eigenvalue weighted by molar-refractivity contribution is 0.488. The maximum absolute atomic E-state index is 12.4. The first kappa shape index (κ1) is 15.9. The Morgan fingerprint density at radius 2 is 2.16 bits per heavy atom. The number of aromatic nitrogens is 2. The second-order valence-electron chi connectivity index (χ2n) is 4.63. The molecule has 0 radical (unpaired) electrons. The van der Waals surface area contributed by atoms with Crippen molar-refractivity contribution in [1.82, 2.24) is 19.8 Å². The second kappa shape index (κ2) is 6.31. The molecule has 6 nitrogen and oxygen atoms in total. The van der Waals surface area contributed by atoms with Crippen LogP contribution in [0.1, 0.15) is 25.1 Å². The number of nitrogens with zero attached hydrogens (tertiary/aromatic N) is 2. The summed E-state index contributed by atoms with van der Waals surface area (Å²) in [6, 6.07) is 0. The van der Waals surface area contributed by atoms with E-state index in [0.29, 0.717) is 12.1 Å². The standard InChI is InChI=1S/C12H22N4O2S/c1-6-13-7-11-10(4)14-15-12(11)19(17,18)16(5)8-9(2)3/h13H,2,6-8H2,1,3-5H3,(H,14,15). The zero-order chi connectivity index (χ0) is 14.6. The van der Waals surface area contributed by atoms with Gasteiger partial charge in [0.05, 0.1) is 0 Å². The smallest absolute Gasteiger partial charge is 0.262 e. The fourth-order valence-corrected chi connectivity index (χ4v) is 3.10. The number of H-pyrrole nitrogens is 1. The molecule has 1 aromatic heterocycles. The highest BCUT2D eigenvalue weighted by molar-refractivity contribution is 7.89. The van der Waals surface area contributed by atoms with Crippen LogP contribution >= 0.6 is 0 Å². The summed E-state index contributed by atoms with van der Waals surface area (Å²) in [6.45, 7) is 10.8. The average molecular weight is 286 g/mol. The third kappa shape index (κ3) is 3.65. The Morgan fingerprint density at radius 3 is 2.68 bits per heavy atom. The first-order valence-corrected chi connectivity index (χ1v) is 7.60. The van der Waals surface area contributed by atoms with Gasteiger partial charge in [-0.25, -0.2) is 8.42 Å². The van der Waals surface area contributed by atoms with E-state index in [1.165, 1.54) is 11.4 Å². The topological polar surface area (TPSA) is 78.1 Å². The number of aryl methyl sites for hydroxylation is 1. The van der Waals surface area contributed by atoms with Crippen LogP contribution in [-0.2, 0) is 16.6 Å². The first-order chi connectivity index (χ1) is 8.80. The molecule has 1 aromatic rings. The van der Waals surface area contributed by atoms with E-state index in [2.05, 4.69) is 22.1 Å². The molecular formula is C12H22N4O2S. The van der Waals surface area contributed by atoms with Gasteiger partial charge >= 0.3 is 0 Å². The Hall–Kier alpha value is -1.18. The summed E-state index contributed by atoms with van der Waals surface area (Å²) in [5.74, 6) is 0. The van der Waals surface area contributed by atoms with Crippen LogP contribution in [0, 0.1) is 6.92 Å². The predicted octanol–water partition coefficient (Wildman–Crippen LogP) is 1.02. The van der Waals surface area contributed by atoms with Crippen LogP contribution in [0.2, 0.25) is 0 Å². The maximum atomic E-state index is 12.4. The van der Waals surface area contributed by atoms with Gasteiger partial charge in [-0.05, 0) is 20.4 Å². The zero-order valence-electron chi connectivity index (χ0n) is 11.9. The molecule has 1 rings (SSSR count). The Labute approximate surface area is 114 Å². The molecule has 0 spiro atoms. The number of rotatable bonds is 7. The third-order valence-corrected chi connectivity index (χ3v) is 4.51. The molecular weight excluding hydrogens is 264 g/mol. The van der Waals surface area contributed by atoms with Gasteiger partial charge in [0, 0.05) is 31.4 Å². The number of hydrogen-bond donors (Lipinski definition) is 2. The van der Waals surface area contributed by atoms with Gasteiger partial charge < -0.3 is 5.32 Å². The molecule has 19 heavy (non-hydrogen) atoms. The minimum absolute atomic E-state index is 0.0923. The van der Waals surface area contributed by atoms with E-state index in [1.54, 1.807) is 6.92 Å². The Kier molecular flexibility index (Phi) is 5.28. The van der Waals surface area contributed by atoms with E-state index in [-0.39, 0.29) is 11.6 Å². The van der Waals surface area contributed by atoms with E-state index in [1.807, 2.05) is 13.8 Å². The van der Waals surface area contributed by atoms with Crippen LogP contribution < -0.4 is 5.32 Å². The molecule has 0 bridgehead atoms. The van der Waals surface area contributed by atoms with Gasteiger partial charge in [0.25, 0.3) is 10.0 Å². The normalized spacial score (nSPS) is 12.1. The molecule has 0 amide bonds. The molecule has 0 aliphatic rings. The fraction of sp³-hybridized carbons (Fsp3) is 0.583. The van der Waals surface area contributed by atoms with Gasteiger partial charge in [0.1, 0.15) is 0 Å². The molecule has 7 heteroatoms. The molecule has 0 saturated carbocycles. The van der Waals surface area contributed by atoms with Crippen LogP contribution in [0.25, 0.3) is 0 Å². The molecule has 0 atom stereocenters. The lowest BCUT2D eigenvalue weighted by atomic mass is 10.2. The zero-order valence-corrected chi connectivity index (χ0v) is 12.8. The lowest BCUT2D eigenvalue weighted by Crippen LogP contribution is -2.30. The number of nitrogens with one attached hydrogen (secondary N) is 2. The van der Waals surface area contributed by atoms with Crippen molar-refractivity contribution in [1.29, 1.82) is 0 Å². The Morgan fingerprint density at radius 1 is 1.53 bits per heavy atom. The van der Waals surface area contributed by atoms with Crippen molar-refractivity contribution in [3.8, 4) is 0 Å². The van der Waals surface area contributed by atoms with E-state index in [0.717, 1.165) is 17.8 Å². The minimum Gasteiger partial charge on any atom is -0.313 e. The molecule has 0 aliphatic heterocycles. The van der Waals surface area contributed by atoms with Gasteiger partial charge in [0.15, 0.2) is 5.03 Å². The Balaban J connectivity index is 3.11. The number of aromatic amines is 1.